The van der Waals surface area contributed by atoms with E-state index < -0.39 is 5.97 Å². The van der Waals surface area contributed by atoms with Gasteiger partial charge in [0, 0.05) is 13.3 Å². The fourth-order valence-electron chi connectivity index (χ4n) is 2.11. The quantitative estimate of drug-likeness (QED) is 0.760. The molecule has 21 heavy (non-hydrogen) atoms. The first-order valence-electron chi connectivity index (χ1n) is 6.54. The van der Waals surface area contributed by atoms with Crippen LogP contribution in [0.4, 0.5) is 5.82 Å². The van der Waals surface area contributed by atoms with Gasteiger partial charge in [-0.25, -0.2) is 4.98 Å². The molecule has 7 nitrogen and oxygen atoms in total. The molecule has 0 spiro atoms. The standard InChI is InChI=1S/C13H17ClN4O3/c1-3-8(7-21-2)15-12-11-9(16-13(14)17-12)4-5-18(11)6-10(19)20/h4-5,8H,3,6-7H2,1-2H3,(H,19,20)(H,15,16,17)/t8-/m0/s1. The van der Waals surface area contributed by atoms with Crippen molar-refractivity contribution in [1.29, 1.82) is 0 Å². The van der Waals surface area contributed by atoms with E-state index in [4.69, 9.17) is 21.4 Å². The van der Waals surface area contributed by atoms with Gasteiger partial charge in [0.1, 0.15) is 12.1 Å². The topological polar surface area (TPSA) is 89.3 Å². The molecule has 1 atom stereocenters. The normalized spacial score (nSPS) is 12.5. The van der Waals surface area contributed by atoms with E-state index >= 15 is 0 Å². The molecule has 114 valence electrons. The molecule has 0 fully saturated rings. The number of hydrogen-bond acceptors (Lipinski definition) is 5. The van der Waals surface area contributed by atoms with Gasteiger partial charge >= 0.3 is 5.97 Å². The molecule has 0 radical (unpaired) electrons. The molecule has 0 saturated carbocycles. The maximum atomic E-state index is 10.9. The van der Waals surface area contributed by atoms with Gasteiger partial charge in [0.15, 0.2) is 5.82 Å². The van der Waals surface area contributed by atoms with Crippen molar-refractivity contribution in [2.45, 2.75) is 25.9 Å². The second kappa shape index (κ2) is 6.73. The van der Waals surface area contributed by atoms with Crippen molar-refractivity contribution in [1.82, 2.24) is 14.5 Å². The maximum absolute atomic E-state index is 10.9. The predicted molar refractivity (Wildman–Crippen MR) is 79.8 cm³/mol. The van der Waals surface area contributed by atoms with Crippen molar-refractivity contribution in [3.8, 4) is 0 Å². The summed E-state index contributed by atoms with van der Waals surface area (Å²) in [5.74, 6) is -0.419. The van der Waals surface area contributed by atoms with Crippen molar-refractivity contribution in [2.75, 3.05) is 19.0 Å². The number of fused-ring (bicyclic) bond motifs is 1. The summed E-state index contributed by atoms with van der Waals surface area (Å²) in [5, 5.41) is 12.3. The molecule has 0 aliphatic carbocycles. The summed E-state index contributed by atoms with van der Waals surface area (Å²) in [7, 11) is 1.63. The number of hydrogen-bond donors (Lipinski definition) is 2. The van der Waals surface area contributed by atoms with Crippen molar-refractivity contribution in [3.63, 3.8) is 0 Å². The largest absolute Gasteiger partial charge is 0.480 e. The number of aliphatic carboxylic acids is 1. The first-order chi connectivity index (χ1) is 10.0. The van der Waals surface area contributed by atoms with Crippen LogP contribution in [0, 0.1) is 0 Å². The lowest BCUT2D eigenvalue weighted by atomic mass is 10.2. The van der Waals surface area contributed by atoms with Crippen LogP contribution in [-0.4, -0.2) is 45.4 Å². The van der Waals surface area contributed by atoms with Crippen LogP contribution in [0.25, 0.3) is 11.0 Å². The lowest BCUT2D eigenvalue weighted by Crippen LogP contribution is -2.25. The second-order valence-electron chi connectivity index (χ2n) is 4.62. The smallest absolute Gasteiger partial charge is 0.323 e. The molecule has 2 heterocycles. The number of rotatable bonds is 7. The molecule has 2 aromatic heterocycles. The number of carboxylic acid groups (broad SMARTS) is 1. The molecule has 0 aliphatic heterocycles. The number of methoxy groups -OCH3 is 1. The molecule has 0 unspecified atom stereocenters. The SMILES string of the molecule is CC[C@@H](COC)Nc1nc(Cl)nc2ccn(CC(=O)O)c12. The number of halogens is 1. The van der Waals surface area contributed by atoms with Gasteiger partial charge in [-0.3, -0.25) is 4.79 Å². The van der Waals surface area contributed by atoms with Crippen LogP contribution in [0.2, 0.25) is 5.28 Å². The van der Waals surface area contributed by atoms with E-state index in [1.165, 1.54) is 0 Å². The maximum Gasteiger partial charge on any atom is 0.323 e. The predicted octanol–water partition coefficient (Wildman–Crippen LogP) is 2.01. The van der Waals surface area contributed by atoms with E-state index in [2.05, 4.69) is 15.3 Å². The van der Waals surface area contributed by atoms with E-state index in [-0.39, 0.29) is 17.9 Å². The number of nitrogens with zero attached hydrogens (tertiary/aromatic N) is 3. The molecular weight excluding hydrogens is 296 g/mol. The van der Waals surface area contributed by atoms with Crippen LogP contribution >= 0.6 is 11.6 Å². The van der Waals surface area contributed by atoms with Gasteiger partial charge in [-0.15, -0.1) is 0 Å². The molecule has 2 aromatic rings. The van der Waals surface area contributed by atoms with Gasteiger partial charge < -0.3 is 19.7 Å². The number of carboxylic acids is 1. The highest BCUT2D eigenvalue weighted by Gasteiger charge is 2.16. The van der Waals surface area contributed by atoms with Gasteiger partial charge in [0.25, 0.3) is 0 Å². The van der Waals surface area contributed by atoms with Crippen molar-refractivity contribution in [3.05, 3.63) is 17.5 Å². The molecule has 8 heteroatoms. The Labute approximate surface area is 126 Å². The summed E-state index contributed by atoms with van der Waals surface area (Å²) in [5.41, 5.74) is 1.22. The highest BCUT2D eigenvalue weighted by Crippen LogP contribution is 2.24. The van der Waals surface area contributed by atoms with Crippen molar-refractivity contribution < 1.29 is 14.6 Å². The lowest BCUT2D eigenvalue weighted by molar-refractivity contribution is -0.137. The molecule has 0 bridgehead atoms. The van der Waals surface area contributed by atoms with Crippen LogP contribution < -0.4 is 5.32 Å². The van der Waals surface area contributed by atoms with E-state index in [0.717, 1.165) is 6.42 Å². The van der Waals surface area contributed by atoms with E-state index in [1.54, 1.807) is 23.9 Å². The fraction of sp³-hybridized carbons (Fsp3) is 0.462. The summed E-state index contributed by atoms with van der Waals surface area (Å²) in [6.07, 6.45) is 2.49. The number of aromatic nitrogens is 3. The fourth-order valence-corrected chi connectivity index (χ4v) is 2.29. The number of nitrogens with one attached hydrogen (secondary N) is 1. The van der Waals surface area contributed by atoms with E-state index in [0.29, 0.717) is 23.5 Å². The molecular formula is C13H17ClN4O3. The summed E-state index contributed by atoms with van der Waals surface area (Å²) >= 11 is 5.92. The molecule has 0 saturated heterocycles. The summed E-state index contributed by atoms with van der Waals surface area (Å²) in [4.78, 5) is 19.2. The molecule has 0 aliphatic rings. The number of carbonyl (C=O) groups is 1. The van der Waals surface area contributed by atoms with Crippen LogP contribution in [0.1, 0.15) is 13.3 Å². The molecule has 2 N–H and O–H groups in total. The van der Waals surface area contributed by atoms with E-state index in [1.807, 2.05) is 6.92 Å². The van der Waals surface area contributed by atoms with Crippen LogP contribution in [0.5, 0.6) is 0 Å². The van der Waals surface area contributed by atoms with Gasteiger partial charge in [-0.05, 0) is 24.1 Å². The number of anilines is 1. The van der Waals surface area contributed by atoms with Crippen molar-refractivity contribution >= 4 is 34.4 Å². The van der Waals surface area contributed by atoms with Crippen LogP contribution in [-0.2, 0) is 16.1 Å². The average molecular weight is 313 g/mol. The third kappa shape index (κ3) is 3.62. The lowest BCUT2D eigenvalue weighted by Gasteiger charge is -2.18. The minimum atomic E-state index is -0.933. The monoisotopic (exact) mass is 312 g/mol. The Morgan fingerprint density at radius 1 is 1.57 bits per heavy atom. The summed E-state index contributed by atoms with van der Waals surface area (Å²) in [6.45, 7) is 2.37. The Kier molecular flexibility index (Phi) is 4.98. The second-order valence-corrected chi connectivity index (χ2v) is 4.96. The van der Waals surface area contributed by atoms with Crippen molar-refractivity contribution in [2.24, 2.45) is 0 Å². The Morgan fingerprint density at radius 3 is 2.95 bits per heavy atom. The molecule has 2 rings (SSSR count). The minimum absolute atomic E-state index is 0.0531. The van der Waals surface area contributed by atoms with Crippen LogP contribution in [0.3, 0.4) is 0 Å². The third-order valence-corrected chi connectivity index (χ3v) is 3.26. The van der Waals surface area contributed by atoms with Gasteiger partial charge in [-0.2, -0.15) is 4.98 Å². The third-order valence-electron chi connectivity index (χ3n) is 3.09. The Balaban J connectivity index is 2.44. The number of ether oxygens (including phenoxy) is 1. The Morgan fingerprint density at radius 2 is 2.33 bits per heavy atom. The van der Waals surface area contributed by atoms with Gasteiger partial charge in [0.2, 0.25) is 5.28 Å². The summed E-state index contributed by atoms with van der Waals surface area (Å²) < 4.78 is 6.73. The van der Waals surface area contributed by atoms with E-state index in [9.17, 15) is 4.79 Å². The highest BCUT2D eigenvalue weighted by atomic mass is 35.5. The first kappa shape index (κ1) is 15.5. The zero-order valence-corrected chi connectivity index (χ0v) is 12.6. The molecule has 0 amide bonds. The van der Waals surface area contributed by atoms with Crippen LogP contribution in [0.15, 0.2) is 12.3 Å². The molecule has 0 aromatic carbocycles. The first-order valence-corrected chi connectivity index (χ1v) is 6.92. The Bertz CT molecular complexity index is 644. The zero-order valence-electron chi connectivity index (χ0n) is 11.8. The Hall–Kier alpha value is -1.86. The zero-order chi connectivity index (χ0) is 15.4. The summed E-state index contributed by atoms with van der Waals surface area (Å²) in [6, 6.07) is 1.77. The van der Waals surface area contributed by atoms with Gasteiger partial charge in [-0.1, -0.05) is 6.92 Å². The average Bonchev–Trinajstić information content (AvgIpc) is 2.80. The minimum Gasteiger partial charge on any atom is -0.480 e. The van der Waals surface area contributed by atoms with Gasteiger partial charge in [0.05, 0.1) is 18.2 Å². The highest BCUT2D eigenvalue weighted by molar-refractivity contribution is 6.28.